The van der Waals surface area contributed by atoms with Gasteiger partial charge in [-0.1, -0.05) is 18.2 Å². The Morgan fingerprint density at radius 3 is 2.62 bits per heavy atom. The summed E-state index contributed by atoms with van der Waals surface area (Å²) in [6.07, 6.45) is 1.66. The first-order valence-electron chi connectivity index (χ1n) is 4.39. The van der Waals surface area contributed by atoms with E-state index in [1.807, 2.05) is 30.3 Å². The van der Waals surface area contributed by atoms with Crippen molar-refractivity contribution in [2.75, 3.05) is 18.4 Å². The number of hydrogen-bond donors (Lipinski definition) is 2. The Labute approximate surface area is 78.2 Å². The van der Waals surface area contributed by atoms with Crippen molar-refractivity contribution < 1.29 is 4.79 Å². The van der Waals surface area contributed by atoms with Crippen LogP contribution in [0.5, 0.6) is 0 Å². The fraction of sp³-hybridized carbons (Fsp3) is 0.300. The molecule has 0 bridgehead atoms. The highest BCUT2D eigenvalue weighted by Crippen LogP contribution is 2.03. The van der Waals surface area contributed by atoms with Crippen molar-refractivity contribution in [1.82, 2.24) is 5.32 Å². The Morgan fingerprint density at radius 2 is 1.92 bits per heavy atom. The van der Waals surface area contributed by atoms with Crippen LogP contribution in [0.1, 0.15) is 6.42 Å². The van der Waals surface area contributed by atoms with Crippen LogP contribution in [0.25, 0.3) is 0 Å². The summed E-state index contributed by atoms with van der Waals surface area (Å²) in [5.41, 5.74) is 1.12. The molecule has 0 radical (unpaired) electrons. The molecule has 0 heterocycles. The van der Waals surface area contributed by atoms with Crippen LogP contribution in [0.15, 0.2) is 30.3 Å². The zero-order chi connectivity index (χ0) is 9.36. The molecule has 2 N–H and O–H groups in total. The number of carbonyl (C=O) groups excluding carboxylic acids is 1. The Hall–Kier alpha value is -1.51. The molecule has 1 aromatic rings. The number of anilines is 1. The predicted octanol–water partition coefficient (Wildman–Crippen LogP) is 1.23. The average molecular weight is 178 g/mol. The molecule has 1 rings (SSSR count). The minimum atomic E-state index is 0.725. The van der Waals surface area contributed by atoms with Crippen molar-refractivity contribution in [2.45, 2.75) is 6.42 Å². The molecule has 70 valence electrons. The van der Waals surface area contributed by atoms with Crippen molar-refractivity contribution in [2.24, 2.45) is 0 Å². The van der Waals surface area contributed by atoms with Gasteiger partial charge in [-0.15, -0.1) is 0 Å². The van der Waals surface area contributed by atoms with Gasteiger partial charge in [0.1, 0.15) is 0 Å². The average Bonchev–Trinajstić information content (AvgIpc) is 2.19. The molecule has 3 nitrogen and oxygen atoms in total. The van der Waals surface area contributed by atoms with E-state index in [0.29, 0.717) is 0 Å². The molecule has 0 saturated heterocycles. The maximum absolute atomic E-state index is 9.91. The molecule has 13 heavy (non-hydrogen) atoms. The summed E-state index contributed by atoms with van der Waals surface area (Å²) in [4.78, 5) is 9.91. The van der Waals surface area contributed by atoms with Gasteiger partial charge in [0, 0.05) is 18.8 Å². The van der Waals surface area contributed by atoms with E-state index in [2.05, 4.69) is 10.6 Å². The standard InChI is InChI=1S/C10H14N2O/c13-9-11-7-4-8-12-10-5-2-1-3-6-10/h1-3,5-6,9,12H,4,7-8H2,(H,11,13). The number of nitrogens with one attached hydrogen (secondary N) is 2. The normalized spacial score (nSPS) is 9.23. The Balaban J connectivity index is 2.10. The van der Waals surface area contributed by atoms with Gasteiger partial charge in [0.15, 0.2) is 0 Å². The summed E-state index contributed by atoms with van der Waals surface area (Å²) in [5.74, 6) is 0. The zero-order valence-corrected chi connectivity index (χ0v) is 7.49. The minimum absolute atomic E-state index is 0.725. The van der Waals surface area contributed by atoms with E-state index >= 15 is 0 Å². The molecule has 0 unspecified atom stereocenters. The Morgan fingerprint density at radius 1 is 1.15 bits per heavy atom. The van der Waals surface area contributed by atoms with Gasteiger partial charge in [-0.25, -0.2) is 0 Å². The highest BCUT2D eigenvalue weighted by Gasteiger charge is 1.88. The first-order valence-corrected chi connectivity index (χ1v) is 4.39. The lowest BCUT2D eigenvalue weighted by molar-refractivity contribution is -0.109. The maximum Gasteiger partial charge on any atom is 0.207 e. The third-order valence-electron chi connectivity index (χ3n) is 1.68. The van der Waals surface area contributed by atoms with Crippen LogP contribution in [-0.2, 0) is 4.79 Å². The molecule has 0 aromatic heterocycles. The van der Waals surface area contributed by atoms with Gasteiger partial charge in [0.2, 0.25) is 6.41 Å². The van der Waals surface area contributed by atoms with Gasteiger partial charge >= 0.3 is 0 Å². The van der Waals surface area contributed by atoms with Crippen molar-refractivity contribution in [3.8, 4) is 0 Å². The number of carbonyl (C=O) groups is 1. The lowest BCUT2D eigenvalue weighted by Crippen LogP contribution is -2.15. The monoisotopic (exact) mass is 178 g/mol. The van der Waals surface area contributed by atoms with Crippen LogP contribution in [0.4, 0.5) is 5.69 Å². The van der Waals surface area contributed by atoms with Gasteiger partial charge in [-0.2, -0.15) is 0 Å². The van der Waals surface area contributed by atoms with Crippen molar-refractivity contribution in [1.29, 1.82) is 0 Å². The van der Waals surface area contributed by atoms with E-state index in [0.717, 1.165) is 31.6 Å². The fourth-order valence-corrected chi connectivity index (χ4v) is 1.04. The fourth-order valence-electron chi connectivity index (χ4n) is 1.04. The number of rotatable bonds is 6. The summed E-state index contributed by atoms with van der Waals surface area (Å²) in [7, 11) is 0. The third kappa shape index (κ3) is 4.15. The molecule has 0 atom stereocenters. The number of hydrogen-bond acceptors (Lipinski definition) is 2. The SMILES string of the molecule is O=CNCCCNc1ccccc1. The van der Waals surface area contributed by atoms with Gasteiger partial charge in [-0.05, 0) is 18.6 Å². The number of benzene rings is 1. The van der Waals surface area contributed by atoms with Crippen LogP contribution in [-0.4, -0.2) is 19.5 Å². The first-order chi connectivity index (χ1) is 6.43. The van der Waals surface area contributed by atoms with Gasteiger partial charge in [0.05, 0.1) is 0 Å². The second-order valence-corrected chi connectivity index (χ2v) is 2.72. The maximum atomic E-state index is 9.91. The van der Waals surface area contributed by atoms with Crippen LogP contribution >= 0.6 is 0 Å². The summed E-state index contributed by atoms with van der Waals surface area (Å²) >= 11 is 0. The summed E-state index contributed by atoms with van der Waals surface area (Å²) < 4.78 is 0. The zero-order valence-electron chi connectivity index (χ0n) is 7.49. The first kappa shape index (κ1) is 9.58. The van der Waals surface area contributed by atoms with Gasteiger partial charge in [0.25, 0.3) is 0 Å². The minimum Gasteiger partial charge on any atom is -0.385 e. The van der Waals surface area contributed by atoms with Crippen molar-refractivity contribution in [3.63, 3.8) is 0 Å². The Bertz CT molecular complexity index is 236. The topological polar surface area (TPSA) is 41.1 Å². The molecule has 0 spiro atoms. The van der Waals surface area contributed by atoms with E-state index in [1.165, 1.54) is 0 Å². The van der Waals surface area contributed by atoms with Crippen molar-refractivity contribution in [3.05, 3.63) is 30.3 Å². The number of amides is 1. The van der Waals surface area contributed by atoms with Gasteiger partial charge in [-0.3, -0.25) is 4.79 Å². The molecule has 0 aliphatic heterocycles. The third-order valence-corrected chi connectivity index (χ3v) is 1.68. The molecule has 0 aliphatic carbocycles. The smallest absolute Gasteiger partial charge is 0.207 e. The molecule has 3 heteroatoms. The van der Waals surface area contributed by atoms with E-state index in [-0.39, 0.29) is 0 Å². The second kappa shape index (κ2) is 6.06. The highest BCUT2D eigenvalue weighted by molar-refractivity contribution is 5.45. The molecule has 1 aromatic carbocycles. The number of para-hydroxylation sites is 1. The van der Waals surface area contributed by atoms with Crippen LogP contribution in [0.2, 0.25) is 0 Å². The Kier molecular flexibility index (Phi) is 4.46. The molecule has 0 aliphatic rings. The largest absolute Gasteiger partial charge is 0.385 e. The summed E-state index contributed by atoms with van der Waals surface area (Å²) in [5, 5.41) is 5.86. The summed E-state index contributed by atoms with van der Waals surface area (Å²) in [6.45, 7) is 1.61. The van der Waals surface area contributed by atoms with E-state index in [4.69, 9.17) is 0 Å². The molecular formula is C10H14N2O. The van der Waals surface area contributed by atoms with Crippen molar-refractivity contribution >= 4 is 12.1 Å². The second-order valence-electron chi connectivity index (χ2n) is 2.72. The molecule has 0 fully saturated rings. The van der Waals surface area contributed by atoms with Crippen LogP contribution in [0, 0.1) is 0 Å². The van der Waals surface area contributed by atoms with Gasteiger partial charge < -0.3 is 10.6 Å². The summed E-state index contributed by atoms with van der Waals surface area (Å²) in [6, 6.07) is 10.0. The lowest BCUT2D eigenvalue weighted by atomic mass is 10.3. The lowest BCUT2D eigenvalue weighted by Gasteiger charge is -2.04. The molecule has 0 saturated carbocycles. The van der Waals surface area contributed by atoms with Crippen LogP contribution < -0.4 is 10.6 Å². The van der Waals surface area contributed by atoms with E-state index in [9.17, 15) is 4.79 Å². The molecular weight excluding hydrogens is 164 g/mol. The quantitative estimate of drug-likeness (QED) is 0.508. The van der Waals surface area contributed by atoms with E-state index in [1.54, 1.807) is 0 Å². The highest BCUT2D eigenvalue weighted by atomic mass is 16.1. The van der Waals surface area contributed by atoms with E-state index < -0.39 is 0 Å². The predicted molar refractivity (Wildman–Crippen MR) is 53.6 cm³/mol. The molecule has 1 amide bonds. The van der Waals surface area contributed by atoms with Crippen LogP contribution in [0.3, 0.4) is 0 Å².